The second-order valence-electron chi connectivity index (χ2n) is 6.30. The minimum atomic E-state index is -4.18. The molecule has 1 aromatic rings. The number of nitrogens with zero attached hydrogens (tertiary/aromatic N) is 2. The number of hydrogen-bond donors (Lipinski definition) is 1. The molecule has 5 nitrogen and oxygen atoms in total. The van der Waals surface area contributed by atoms with Crippen LogP contribution in [-0.4, -0.2) is 47.8 Å². The molecule has 1 fully saturated rings. The lowest BCUT2D eigenvalue weighted by Gasteiger charge is -2.32. The number of alkyl halides is 3. The van der Waals surface area contributed by atoms with Gasteiger partial charge in [0.05, 0.1) is 12.2 Å². The van der Waals surface area contributed by atoms with Gasteiger partial charge < -0.3 is 9.84 Å². The van der Waals surface area contributed by atoms with Gasteiger partial charge in [-0.2, -0.15) is 13.2 Å². The highest BCUT2D eigenvalue weighted by Crippen LogP contribution is 2.23. The van der Waals surface area contributed by atoms with Crippen molar-refractivity contribution in [3.8, 4) is 0 Å². The lowest BCUT2D eigenvalue weighted by Crippen LogP contribution is -2.47. The number of piperidine rings is 1. The fourth-order valence-corrected chi connectivity index (χ4v) is 2.80. The molecule has 0 bridgehead atoms. The largest absolute Gasteiger partial charge is 0.401 e. The SMILES string of the molecule is Cc1noc(C(C)C)c1C(=O)NC1CCN(CC(F)(F)F)CC1. The van der Waals surface area contributed by atoms with Gasteiger partial charge in [0.2, 0.25) is 0 Å². The van der Waals surface area contributed by atoms with E-state index >= 15 is 0 Å². The van der Waals surface area contributed by atoms with E-state index in [4.69, 9.17) is 4.52 Å². The van der Waals surface area contributed by atoms with Gasteiger partial charge in [0, 0.05) is 25.0 Å². The van der Waals surface area contributed by atoms with Crippen molar-refractivity contribution < 1.29 is 22.5 Å². The standard InChI is InChI=1S/C15H22F3N3O2/c1-9(2)13-12(10(3)20-23-13)14(22)19-11-4-6-21(7-5-11)8-15(16,17)18/h9,11H,4-8H2,1-3H3,(H,19,22). The Morgan fingerprint density at radius 3 is 2.52 bits per heavy atom. The van der Waals surface area contributed by atoms with Crippen LogP contribution >= 0.6 is 0 Å². The summed E-state index contributed by atoms with van der Waals surface area (Å²) in [5, 5.41) is 6.73. The third kappa shape index (κ3) is 4.70. The molecular weight excluding hydrogens is 311 g/mol. The number of carbonyl (C=O) groups is 1. The van der Waals surface area contributed by atoms with Crippen LogP contribution in [0.15, 0.2) is 4.52 Å². The molecule has 1 amide bonds. The quantitative estimate of drug-likeness (QED) is 0.920. The average molecular weight is 333 g/mol. The van der Waals surface area contributed by atoms with Crippen LogP contribution in [0.4, 0.5) is 13.2 Å². The van der Waals surface area contributed by atoms with Crippen molar-refractivity contribution in [2.75, 3.05) is 19.6 Å². The van der Waals surface area contributed by atoms with E-state index in [9.17, 15) is 18.0 Å². The maximum atomic E-state index is 12.4. The Bertz CT molecular complexity index is 547. The molecule has 1 saturated heterocycles. The van der Waals surface area contributed by atoms with Gasteiger partial charge in [0.15, 0.2) is 5.76 Å². The number of hydrogen-bond acceptors (Lipinski definition) is 4. The summed E-state index contributed by atoms with van der Waals surface area (Å²) in [6.45, 7) is 5.28. The van der Waals surface area contributed by atoms with E-state index in [0.29, 0.717) is 42.9 Å². The van der Waals surface area contributed by atoms with Crippen LogP contribution in [0.2, 0.25) is 0 Å². The minimum Gasteiger partial charge on any atom is -0.360 e. The molecule has 2 heterocycles. The topological polar surface area (TPSA) is 58.4 Å². The number of likely N-dealkylation sites (tertiary alicyclic amines) is 1. The summed E-state index contributed by atoms with van der Waals surface area (Å²) < 4.78 is 42.3. The number of rotatable bonds is 4. The highest BCUT2D eigenvalue weighted by atomic mass is 19.4. The zero-order valence-electron chi connectivity index (χ0n) is 13.5. The Kier molecular flexibility index (Phi) is 5.33. The monoisotopic (exact) mass is 333 g/mol. The van der Waals surface area contributed by atoms with Gasteiger partial charge in [-0.1, -0.05) is 19.0 Å². The maximum absolute atomic E-state index is 12.4. The van der Waals surface area contributed by atoms with Crippen LogP contribution in [0.3, 0.4) is 0 Å². The molecule has 1 aromatic heterocycles. The Morgan fingerprint density at radius 1 is 1.39 bits per heavy atom. The van der Waals surface area contributed by atoms with Gasteiger partial charge in [0.25, 0.3) is 5.91 Å². The third-order valence-electron chi connectivity index (χ3n) is 3.97. The zero-order valence-corrected chi connectivity index (χ0v) is 13.5. The summed E-state index contributed by atoms with van der Waals surface area (Å²) in [5.41, 5.74) is 0.971. The van der Waals surface area contributed by atoms with Crippen molar-refractivity contribution in [2.45, 2.75) is 51.7 Å². The first-order valence-corrected chi connectivity index (χ1v) is 7.73. The summed E-state index contributed by atoms with van der Waals surface area (Å²) in [5.74, 6) is 0.307. The molecule has 0 spiro atoms. The molecule has 1 aliphatic heterocycles. The van der Waals surface area contributed by atoms with E-state index in [2.05, 4.69) is 10.5 Å². The average Bonchev–Trinajstić information content (AvgIpc) is 2.81. The molecule has 0 unspecified atom stereocenters. The van der Waals surface area contributed by atoms with Gasteiger partial charge in [-0.15, -0.1) is 0 Å². The van der Waals surface area contributed by atoms with Gasteiger partial charge >= 0.3 is 6.18 Å². The zero-order chi connectivity index (χ0) is 17.2. The van der Waals surface area contributed by atoms with Crippen molar-refractivity contribution in [3.63, 3.8) is 0 Å². The molecule has 0 aliphatic carbocycles. The molecule has 130 valence electrons. The number of aryl methyl sites for hydroxylation is 1. The third-order valence-corrected chi connectivity index (χ3v) is 3.97. The highest BCUT2D eigenvalue weighted by molar-refractivity contribution is 5.96. The van der Waals surface area contributed by atoms with Crippen LogP contribution in [0, 0.1) is 6.92 Å². The molecule has 0 radical (unpaired) electrons. The van der Waals surface area contributed by atoms with Crippen molar-refractivity contribution in [1.82, 2.24) is 15.4 Å². The Balaban J connectivity index is 1.92. The van der Waals surface area contributed by atoms with E-state index in [1.54, 1.807) is 6.92 Å². The van der Waals surface area contributed by atoms with Crippen LogP contribution in [0.5, 0.6) is 0 Å². The van der Waals surface area contributed by atoms with Gasteiger partial charge in [-0.3, -0.25) is 9.69 Å². The summed E-state index contributed by atoms with van der Waals surface area (Å²) in [6.07, 6.45) is -3.17. The second-order valence-corrected chi connectivity index (χ2v) is 6.30. The molecule has 8 heteroatoms. The molecule has 0 atom stereocenters. The molecule has 0 saturated carbocycles. The fraction of sp³-hybridized carbons (Fsp3) is 0.733. The highest BCUT2D eigenvalue weighted by Gasteiger charge is 2.33. The van der Waals surface area contributed by atoms with Crippen LogP contribution < -0.4 is 5.32 Å². The summed E-state index contributed by atoms with van der Waals surface area (Å²) in [4.78, 5) is 13.8. The van der Waals surface area contributed by atoms with Crippen LogP contribution in [-0.2, 0) is 0 Å². The predicted octanol–water partition coefficient (Wildman–Crippen LogP) is 2.86. The number of halogens is 3. The Hall–Kier alpha value is -1.57. The predicted molar refractivity (Wildman–Crippen MR) is 78.3 cm³/mol. The summed E-state index contributed by atoms with van der Waals surface area (Å²) in [6, 6.07) is -0.124. The van der Waals surface area contributed by atoms with Crippen molar-refractivity contribution in [2.24, 2.45) is 0 Å². The summed E-state index contributed by atoms with van der Waals surface area (Å²) >= 11 is 0. The number of aromatic nitrogens is 1. The van der Waals surface area contributed by atoms with Gasteiger partial charge in [0.1, 0.15) is 5.56 Å². The lowest BCUT2D eigenvalue weighted by atomic mass is 10.0. The first-order chi connectivity index (χ1) is 10.7. The first kappa shape index (κ1) is 17.8. The van der Waals surface area contributed by atoms with Gasteiger partial charge in [-0.05, 0) is 19.8 Å². The number of carbonyl (C=O) groups excluding carboxylic acids is 1. The molecule has 23 heavy (non-hydrogen) atoms. The number of nitrogens with one attached hydrogen (secondary N) is 1. The van der Waals surface area contributed by atoms with E-state index in [1.165, 1.54) is 4.90 Å². The molecule has 1 aliphatic rings. The smallest absolute Gasteiger partial charge is 0.360 e. The van der Waals surface area contributed by atoms with Crippen LogP contribution in [0.25, 0.3) is 0 Å². The first-order valence-electron chi connectivity index (χ1n) is 7.73. The maximum Gasteiger partial charge on any atom is 0.401 e. The van der Waals surface area contributed by atoms with Crippen molar-refractivity contribution in [3.05, 3.63) is 17.0 Å². The minimum absolute atomic E-state index is 0.0329. The Morgan fingerprint density at radius 2 is 2.00 bits per heavy atom. The molecule has 1 N–H and O–H groups in total. The lowest BCUT2D eigenvalue weighted by molar-refractivity contribution is -0.148. The summed E-state index contributed by atoms with van der Waals surface area (Å²) in [7, 11) is 0. The second kappa shape index (κ2) is 6.90. The van der Waals surface area contributed by atoms with Crippen LogP contribution in [0.1, 0.15) is 54.4 Å². The fourth-order valence-electron chi connectivity index (χ4n) is 2.80. The van der Waals surface area contributed by atoms with E-state index in [1.807, 2.05) is 13.8 Å². The molecule has 0 aromatic carbocycles. The van der Waals surface area contributed by atoms with Crippen molar-refractivity contribution >= 4 is 5.91 Å². The number of amides is 1. The molecule has 2 rings (SSSR count). The normalized spacial score (nSPS) is 17.7. The van der Waals surface area contributed by atoms with E-state index in [0.717, 1.165) is 0 Å². The van der Waals surface area contributed by atoms with Gasteiger partial charge in [-0.25, -0.2) is 0 Å². The molecular formula is C15H22F3N3O2. The van der Waals surface area contributed by atoms with E-state index < -0.39 is 12.7 Å². The van der Waals surface area contributed by atoms with Crippen molar-refractivity contribution in [1.29, 1.82) is 0 Å². The Labute approximate surface area is 133 Å². The van der Waals surface area contributed by atoms with E-state index in [-0.39, 0.29) is 17.9 Å².